The van der Waals surface area contributed by atoms with Crippen LogP contribution in [-0.2, 0) is 0 Å². The Balaban J connectivity index is 0.000000514. The summed E-state index contributed by atoms with van der Waals surface area (Å²) in [4.78, 5) is 4.32. The molecule has 27 heavy (non-hydrogen) atoms. The molecule has 3 rings (SSSR count). The predicted molar refractivity (Wildman–Crippen MR) is 125 cm³/mol. The van der Waals surface area contributed by atoms with Gasteiger partial charge in [-0.2, -0.15) is 0 Å². The first-order chi connectivity index (χ1) is 13.1. The smallest absolute Gasteiger partial charge is 0.131 e. The number of anilines is 1. The zero-order valence-corrected chi connectivity index (χ0v) is 19.4. The van der Waals surface area contributed by atoms with Gasteiger partial charge in [-0.05, 0) is 37.6 Å². The zero-order chi connectivity index (χ0) is 20.7. The lowest BCUT2D eigenvalue weighted by molar-refractivity contribution is 0.441. The molecule has 1 aliphatic carbocycles. The summed E-state index contributed by atoms with van der Waals surface area (Å²) in [5.41, 5.74) is 8.78. The van der Waals surface area contributed by atoms with Gasteiger partial charge in [0.2, 0.25) is 0 Å². The number of nitrogens with two attached hydrogens (primary N) is 1. The molecule has 0 bridgehead atoms. The van der Waals surface area contributed by atoms with Crippen molar-refractivity contribution in [2.24, 2.45) is 5.73 Å². The maximum atomic E-state index is 5.98. The van der Waals surface area contributed by atoms with Gasteiger partial charge in [-0.25, -0.2) is 4.98 Å². The minimum atomic E-state index is 0.515. The third-order valence-corrected chi connectivity index (χ3v) is 5.18. The fourth-order valence-electron chi connectivity index (χ4n) is 2.59. The van der Waals surface area contributed by atoms with E-state index in [1.54, 1.807) is 11.3 Å². The molecule has 0 aromatic carbocycles. The number of pyridine rings is 1. The number of aromatic nitrogens is 1. The molecule has 152 valence electrons. The number of halogens is 1. The molecule has 1 saturated carbocycles. The lowest BCUT2D eigenvalue weighted by atomic mass is 9.97. The summed E-state index contributed by atoms with van der Waals surface area (Å²) in [5, 5.41) is 5.86. The van der Waals surface area contributed by atoms with Gasteiger partial charge >= 0.3 is 0 Å². The fourth-order valence-corrected chi connectivity index (χ4v) is 3.76. The van der Waals surface area contributed by atoms with Gasteiger partial charge in [-0.1, -0.05) is 64.5 Å². The second kappa shape index (κ2) is 15.7. The van der Waals surface area contributed by atoms with E-state index >= 15 is 0 Å². The summed E-state index contributed by atoms with van der Waals surface area (Å²) in [6, 6.07) is 2.38. The lowest BCUT2D eigenvalue weighted by Crippen LogP contribution is -2.22. The van der Waals surface area contributed by atoms with Gasteiger partial charge in [0.15, 0.2) is 0 Å². The van der Waals surface area contributed by atoms with Crippen LogP contribution in [0.2, 0.25) is 5.15 Å². The molecule has 2 aromatic heterocycles. The minimum absolute atomic E-state index is 0.515. The van der Waals surface area contributed by atoms with E-state index in [1.165, 1.54) is 32.1 Å². The van der Waals surface area contributed by atoms with Gasteiger partial charge in [-0.15, -0.1) is 17.3 Å². The molecule has 0 saturated heterocycles. The van der Waals surface area contributed by atoms with Crippen molar-refractivity contribution in [1.82, 2.24) is 4.98 Å². The highest BCUT2D eigenvalue weighted by molar-refractivity contribution is 7.18. The highest BCUT2D eigenvalue weighted by atomic mass is 35.5. The van der Waals surface area contributed by atoms with Crippen molar-refractivity contribution in [3.8, 4) is 11.8 Å². The molecule has 0 spiro atoms. The number of nitrogens with one attached hydrogen (secondary N) is 1. The third kappa shape index (κ3) is 9.46. The Kier molecular flexibility index (Phi) is 15.0. The van der Waals surface area contributed by atoms with Crippen molar-refractivity contribution >= 4 is 38.8 Å². The second-order valence-electron chi connectivity index (χ2n) is 5.77. The van der Waals surface area contributed by atoms with Crippen LogP contribution in [0.1, 0.15) is 72.3 Å². The molecule has 2 aromatic rings. The van der Waals surface area contributed by atoms with Crippen molar-refractivity contribution in [3.05, 3.63) is 22.2 Å². The molecule has 3 N–H and O–H groups in total. The van der Waals surface area contributed by atoms with Crippen LogP contribution in [0.15, 0.2) is 11.4 Å². The van der Waals surface area contributed by atoms with E-state index in [0.29, 0.717) is 17.7 Å². The Morgan fingerprint density at radius 1 is 1.22 bits per heavy atom. The Morgan fingerprint density at radius 3 is 2.37 bits per heavy atom. The molecule has 1 aliphatic rings. The average molecular weight is 410 g/mol. The van der Waals surface area contributed by atoms with Crippen molar-refractivity contribution in [2.75, 3.05) is 11.9 Å². The molecular formula is C22H36ClN3S. The molecule has 3 nitrogen and oxygen atoms in total. The van der Waals surface area contributed by atoms with Gasteiger partial charge < -0.3 is 11.1 Å². The van der Waals surface area contributed by atoms with Gasteiger partial charge in [0.25, 0.3) is 0 Å². The van der Waals surface area contributed by atoms with E-state index in [4.69, 9.17) is 17.3 Å². The van der Waals surface area contributed by atoms with E-state index in [0.717, 1.165) is 21.5 Å². The van der Waals surface area contributed by atoms with Crippen molar-refractivity contribution in [3.63, 3.8) is 0 Å². The summed E-state index contributed by atoms with van der Waals surface area (Å²) in [6.45, 7) is 12.5. The van der Waals surface area contributed by atoms with Gasteiger partial charge in [0.05, 0.1) is 22.4 Å². The number of rotatable bonds is 2. The van der Waals surface area contributed by atoms with Crippen LogP contribution in [0.4, 0.5) is 5.69 Å². The standard InChI is InChI=1S/C12H11ClN2S.C6H13N.2C2H6/c1-3-4-5-14-9-6-10(13)15-11-8(2)7-16-12(9)11;7-6-4-2-1-3-5-6;2*1-2/h6-7H,5H2,1-2H3,(H,14,15);6H,1-5,7H2;2*1-2H3. The topological polar surface area (TPSA) is 50.9 Å². The zero-order valence-electron chi connectivity index (χ0n) is 17.8. The highest BCUT2D eigenvalue weighted by Crippen LogP contribution is 2.32. The van der Waals surface area contributed by atoms with Gasteiger partial charge in [-0.3, -0.25) is 0 Å². The summed E-state index contributed by atoms with van der Waals surface area (Å²) in [5.74, 6) is 5.82. The molecular weight excluding hydrogens is 374 g/mol. The van der Waals surface area contributed by atoms with E-state index < -0.39 is 0 Å². The molecule has 0 atom stereocenters. The molecule has 0 unspecified atom stereocenters. The number of fused-ring (bicyclic) bond motifs is 1. The van der Waals surface area contributed by atoms with Crippen LogP contribution in [0.25, 0.3) is 10.2 Å². The predicted octanol–water partition coefficient (Wildman–Crippen LogP) is 7.02. The van der Waals surface area contributed by atoms with Gasteiger partial charge in [0.1, 0.15) is 5.15 Å². The molecule has 1 fully saturated rings. The summed E-state index contributed by atoms with van der Waals surface area (Å²) in [7, 11) is 0. The van der Waals surface area contributed by atoms with Crippen LogP contribution in [0, 0.1) is 18.8 Å². The summed E-state index contributed by atoms with van der Waals surface area (Å²) < 4.78 is 1.14. The van der Waals surface area contributed by atoms with E-state index in [9.17, 15) is 0 Å². The average Bonchev–Trinajstić information content (AvgIpc) is 3.07. The van der Waals surface area contributed by atoms with Crippen LogP contribution >= 0.6 is 22.9 Å². The lowest BCUT2D eigenvalue weighted by Gasteiger charge is -2.15. The first kappa shape index (κ1) is 25.7. The number of hydrogen-bond acceptors (Lipinski definition) is 4. The van der Waals surface area contributed by atoms with Crippen LogP contribution in [0.5, 0.6) is 0 Å². The minimum Gasteiger partial charge on any atom is -0.373 e. The second-order valence-corrected chi connectivity index (χ2v) is 7.03. The molecule has 2 heterocycles. The van der Waals surface area contributed by atoms with Gasteiger partial charge in [0, 0.05) is 12.1 Å². The Labute approximate surface area is 175 Å². The molecule has 0 radical (unpaired) electrons. The van der Waals surface area contributed by atoms with E-state index in [-0.39, 0.29) is 0 Å². The van der Waals surface area contributed by atoms with Crippen molar-refractivity contribution in [1.29, 1.82) is 0 Å². The monoisotopic (exact) mass is 409 g/mol. The normalized spacial score (nSPS) is 12.9. The van der Waals surface area contributed by atoms with Crippen molar-refractivity contribution < 1.29 is 0 Å². The molecule has 0 aliphatic heterocycles. The highest BCUT2D eigenvalue weighted by Gasteiger charge is 2.08. The number of thiophene rings is 1. The maximum Gasteiger partial charge on any atom is 0.131 e. The van der Waals surface area contributed by atoms with Crippen LogP contribution < -0.4 is 11.1 Å². The van der Waals surface area contributed by atoms with E-state index in [2.05, 4.69) is 27.5 Å². The van der Waals surface area contributed by atoms with Crippen molar-refractivity contribution in [2.45, 2.75) is 79.7 Å². The van der Waals surface area contributed by atoms with Crippen LogP contribution in [-0.4, -0.2) is 17.6 Å². The fraction of sp³-hybridized carbons (Fsp3) is 0.591. The summed E-state index contributed by atoms with van der Waals surface area (Å²) >= 11 is 7.66. The van der Waals surface area contributed by atoms with E-state index in [1.807, 2.05) is 47.6 Å². The van der Waals surface area contributed by atoms with Crippen LogP contribution in [0.3, 0.4) is 0 Å². The first-order valence-corrected chi connectivity index (χ1v) is 11.3. The number of aryl methyl sites for hydroxylation is 1. The molecule has 5 heteroatoms. The largest absolute Gasteiger partial charge is 0.373 e. The Morgan fingerprint density at radius 2 is 1.85 bits per heavy atom. The molecule has 0 amide bonds. The maximum absolute atomic E-state index is 5.98. The Bertz CT molecular complexity index is 695. The summed E-state index contributed by atoms with van der Waals surface area (Å²) in [6.07, 6.45) is 6.66. The Hall–Kier alpha value is -1.28. The quantitative estimate of drug-likeness (QED) is 0.413. The third-order valence-electron chi connectivity index (χ3n) is 3.86. The first-order valence-electron chi connectivity index (χ1n) is 10.0. The SMILES string of the molecule is CC.CC.CC#CCNc1cc(Cl)nc2c(C)csc12.NC1CCCCC1. The number of nitrogens with zero attached hydrogens (tertiary/aromatic N) is 1. The number of hydrogen-bond donors (Lipinski definition) is 2.